The third-order valence-corrected chi connectivity index (χ3v) is 4.64. The summed E-state index contributed by atoms with van der Waals surface area (Å²) in [6.07, 6.45) is 5.70. The van der Waals surface area contributed by atoms with Crippen LogP contribution >= 0.6 is 11.8 Å². The number of hydrogen-bond acceptors (Lipinski definition) is 3. The Morgan fingerprint density at radius 2 is 2.05 bits per heavy atom. The van der Waals surface area contributed by atoms with Crippen LogP contribution in [0.3, 0.4) is 0 Å². The van der Waals surface area contributed by atoms with Crippen LogP contribution in [-0.2, 0) is 4.79 Å². The molecule has 0 bridgehead atoms. The van der Waals surface area contributed by atoms with Crippen molar-refractivity contribution in [3.05, 3.63) is 11.9 Å². The summed E-state index contributed by atoms with van der Waals surface area (Å²) >= 11 is 1.32. The number of carbonyl (C=O) groups is 1. The Bertz CT molecular complexity index is 448. The minimum atomic E-state index is -0.789. The zero-order valence-corrected chi connectivity index (χ0v) is 12.6. The Morgan fingerprint density at radius 1 is 1.42 bits per heavy atom. The highest BCUT2D eigenvalue weighted by molar-refractivity contribution is 7.99. The van der Waals surface area contributed by atoms with Gasteiger partial charge in [-0.3, -0.25) is 4.79 Å². The largest absolute Gasteiger partial charge is 0.481 e. The summed E-state index contributed by atoms with van der Waals surface area (Å²) in [4.78, 5) is 15.2. The molecule has 4 nitrogen and oxygen atoms in total. The van der Waals surface area contributed by atoms with Crippen molar-refractivity contribution < 1.29 is 9.90 Å². The van der Waals surface area contributed by atoms with E-state index in [0.717, 1.165) is 22.7 Å². The van der Waals surface area contributed by atoms with E-state index in [9.17, 15) is 4.79 Å². The molecule has 1 saturated carbocycles. The first-order chi connectivity index (χ1) is 8.95. The maximum absolute atomic E-state index is 10.7. The molecule has 0 spiro atoms. The van der Waals surface area contributed by atoms with E-state index >= 15 is 0 Å². The van der Waals surface area contributed by atoms with Crippen molar-refractivity contribution in [3.63, 3.8) is 0 Å². The van der Waals surface area contributed by atoms with Crippen LogP contribution in [0.5, 0.6) is 0 Å². The fourth-order valence-corrected chi connectivity index (χ4v) is 3.93. The van der Waals surface area contributed by atoms with Crippen molar-refractivity contribution in [1.82, 2.24) is 9.55 Å². The first kappa shape index (κ1) is 14.4. The number of carboxylic acids is 1. The lowest BCUT2D eigenvalue weighted by molar-refractivity contribution is -0.133. The third-order valence-electron chi connectivity index (χ3n) is 3.69. The highest BCUT2D eigenvalue weighted by Crippen LogP contribution is 2.38. The lowest BCUT2D eigenvalue weighted by Gasteiger charge is -2.32. The second-order valence-corrected chi connectivity index (χ2v) is 6.77. The van der Waals surface area contributed by atoms with Gasteiger partial charge in [-0.05, 0) is 38.0 Å². The topological polar surface area (TPSA) is 55.1 Å². The highest BCUT2D eigenvalue weighted by atomic mass is 32.2. The Kier molecular flexibility index (Phi) is 4.55. The number of hydrogen-bond donors (Lipinski definition) is 1. The van der Waals surface area contributed by atoms with Gasteiger partial charge in [0.05, 0.1) is 11.4 Å². The number of nitrogens with zero attached hydrogens (tertiary/aromatic N) is 2. The summed E-state index contributed by atoms with van der Waals surface area (Å²) < 4.78 is 2.20. The van der Waals surface area contributed by atoms with Crippen LogP contribution in [0.25, 0.3) is 0 Å². The second-order valence-electron chi connectivity index (χ2n) is 5.83. The van der Waals surface area contributed by atoms with Gasteiger partial charge in [0.2, 0.25) is 0 Å². The molecule has 5 heteroatoms. The van der Waals surface area contributed by atoms with Crippen molar-refractivity contribution >= 4 is 17.7 Å². The average Bonchev–Trinajstić information content (AvgIpc) is 2.66. The lowest BCUT2D eigenvalue weighted by Crippen LogP contribution is -2.22. The molecule has 0 aromatic carbocycles. The van der Waals surface area contributed by atoms with Crippen LogP contribution in [0, 0.1) is 18.8 Å². The molecule has 1 heterocycles. The van der Waals surface area contributed by atoms with Crippen molar-refractivity contribution in [2.45, 2.75) is 51.2 Å². The first-order valence-corrected chi connectivity index (χ1v) is 7.84. The van der Waals surface area contributed by atoms with E-state index in [0.29, 0.717) is 6.04 Å². The molecule has 0 aliphatic heterocycles. The van der Waals surface area contributed by atoms with Crippen molar-refractivity contribution in [3.8, 4) is 0 Å². The fraction of sp³-hybridized carbons (Fsp3) is 0.714. The molecule has 2 rings (SSSR count). The predicted molar refractivity (Wildman–Crippen MR) is 76.5 cm³/mol. The van der Waals surface area contributed by atoms with Crippen molar-refractivity contribution in [2.75, 3.05) is 5.75 Å². The van der Waals surface area contributed by atoms with E-state index < -0.39 is 5.97 Å². The Hall–Kier alpha value is -0.970. The Morgan fingerprint density at radius 3 is 2.63 bits per heavy atom. The number of rotatable bonds is 4. The molecule has 19 heavy (non-hydrogen) atoms. The summed E-state index contributed by atoms with van der Waals surface area (Å²) in [5, 5.41) is 9.66. The summed E-state index contributed by atoms with van der Waals surface area (Å²) in [7, 11) is 0. The van der Waals surface area contributed by atoms with E-state index in [1.165, 1.54) is 31.0 Å². The lowest BCUT2D eigenvalue weighted by atomic mass is 9.80. The van der Waals surface area contributed by atoms with Gasteiger partial charge < -0.3 is 9.67 Å². The number of imidazole rings is 1. The Labute approximate surface area is 118 Å². The van der Waals surface area contributed by atoms with Gasteiger partial charge in [0, 0.05) is 12.2 Å². The van der Waals surface area contributed by atoms with Gasteiger partial charge in [0.1, 0.15) is 0 Å². The molecule has 1 aliphatic carbocycles. The number of aromatic nitrogens is 2. The molecule has 0 radical (unpaired) electrons. The summed E-state index contributed by atoms with van der Waals surface area (Å²) in [6, 6.07) is 0.469. The summed E-state index contributed by atoms with van der Waals surface area (Å²) in [6.45, 7) is 6.57. The molecular weight excluding hydrogens is 260 g/mol. The maximum Gasteiger partial charge on any atom is 0.313 e. The van der Waals surface area contributed by atoms with Gasteiger partial charge in [0.25, 0.3) is 0 Å². The zero-order valence-electron chi connectivity index (χ0n) is 11.8. The number of carboxylic acid groups (broad SMARTS) is 1. The van der Waals surface area contributed by atoms with Crippen LogP contribution in [0.2, 0.25) is 0 Å². The molecule has 1 fully saturated rings. The molecule has 0 saturated heterocycles. The van der Waals surface area contributed by atoms with Crippen molar-refractivity contribution in [2.24, 2.45) is 11.8 Å². The third kappa shape index (κ3) is 3.75. The SMILES string of the molecule is Cc1cn(C2CC(C)CC(C)C2)c(SCC(=O)O)n1. The second kappa shape index (κ2) is 5.99. The number of aliphatic carboxylic acids is 1. The van der Waals surface area contributed by atoms with Gasteiger partial charge in [-0.25, -0.2) is 4.98 Å². The quantitative estimate of drug-likeness (QED) is 0.860. The summed E-state index contributed by atoms with van der Waals surface area (Å²) in [5.41, 5.74) is 0.971. The van der Waals surface area contributed by atoms with Gasteiger partial charge in [-0.15, -0.1) is 0 Å². The van der Waals surface area contributed by atoms with E-state index in [2.05, 4.69) is 29.6 Å². The predicted octanol–water partition coefficient (Wildman–Crippen LogP) is 3.37. The molecule has 0 amide bonds. The highest BCUT2D eigenvalue weighted by Gasteiger charge is 2.27. The maximum atomic E-state index is 10.7. The van der Waals surface area contributed by atoms with E-state index in [1.807, 2.05) is 6.92 Å². The molecule has 2 unspecified atom stereocenters. The smallest absolute Gasteiger partial charge is 0.313 e. The van der Waals surface area contributed by atoms with Crippen molar-refractivity contribution in [1.29, 1.82) is 0 Å². The van der Waals surface area contributed by atoms with Gasteiger partial charge in [0.15, 0.2) is 5.16 Å². The molecular formula is C14H22N2O2S. The van der Waals surface area contributed by atoms with E-state index in [4.69, 9.17) is 5.11 Å². The average molecular weight is 282 g/mol. The van der Waals surface area contributed by atoms with Gasteiger partial charge in [-0.2, -0.15) is 0 Å². The van der Waals surface area contributed by atoms with Crippen LogP contribution in [0.4, 0.5) is 0 Å². The van der Waals surface area contributed by atoms with E-state index in [1.54, 1.807) is 0 Å². The zero-order chi connectivity index (χ0) is 14.0. The molecule has 1 aromatic heterocycles. The normalized spacial score (nSPS) is 27.4. The fourth-order valence-electron chi connectivity index (χ4n) is 3.12. The number of aryl methyl sites for hydroxylation is 1. The van der Waals surface area contributed by atoms with Crippen LogP contribution in [-0.4, -0.2) is 26.4 Å². The minimum absolute atomic E-state index is 0.0777. The van der Waals surface area contributed by atoms with Gasteiger partial charge in [-0.1, -0.05) is 25.6 Å². The monoisotopic (exact) mass is 282 g/mol. The molecule has 1 aromatic rings. The molecule has 106 valence electrons. The van der Waals surface area contributed by atoms with Crippen LogP contribution in [0.15, 0.2) is 11.4 Å². The first-order valence-electron chi connectivity index (χ1n) is 6.85. The van der Waals surface area contributed by atoms with Gasteiger partial charge >= 0.3 is 5.97 Å². The summed E-state index contributed by atoms with van der Waals surface area (Å²) in [5.74, 6) is 0.749. The molecule has 1 N–H and O–H groups in total. The molecule has 1 aliphatic rings. The van der Waals surface area contributed by atoms with E-state index in [-0.39, 0.29) is 5.75 Å². The minimum Gasteiger partial charge on any atom is -0.481 e. The Balaban J connectivity index is 2.16. The van der Waals surface area contributed by atoms with Crippen LogP contribution in [0.1, 0.15) is 44.8 Å². The standard InChI is InChI=1S/C14H22N2O2S/c1-9-4-10(2)6-12(5-9)16-7-11(3)15-14(16)19-8-13(17)18/h7,9-10,12H,4-6,8H2,1-3H3,(H,17,18). The van der Waals surface area contributed by atoms with Crippen LogP contribution < -0.4 is 0 Å². The number of thioether (sulfide) groups is 1. The molecule has 2 atom stereocenters.